The highest BCUT2D eigenvalue weighted by atomic mass is 32.2. The fourth-order valence-electron chi connectivity index (χ4n) is 3.65. The van der Waals surface area contributed by atoms with Crippen molar-refractivity contribution in [1.29, 1.82) is 0 Å². The van der Waals surface area contributed by atoms with Crippen molar-refractivity contribution in [3.05, 3.63) is 48.8 Å². The number of nitrogens with one attached hydrogen (secondary N) is 2. The van der Waals surface area contributed by atoms with E-state index in [1.807, 2.05) is 18.2 Å². The molecule has 33 heavy (non-hydrogen) atoms. The first-order valence-electron chi connectivity index (χ1n) is 10.5. The average Bonchev–Trinajstić information content (AvgIpc) is 2.80. The van der Waals surface area contributed by atoms with E-state index in [-0.39, 0.29) is 22.9 Å². The Labute approximate surface area is 192 Å². The van der Waals surface area contributed by atoms with Gasteiger partial charge in [0.1, 0.15) is 12.1 Å². The van der Waals surface area contributed by atoms with Gasteiger partial charge in [0.15, 0.2) is 9.84 Å². The number of sulfone groups is 1. The minimum Gasteiger partial charge on any atom is -0.494 e. The lowest BCUT2D eigenvalue weighted by Crippen LogP contribution is -2.35. The maximum Gasteiger partial charge on any atom is 0.232 e. The van der Waals surface area contributed by atoms with E-state index in [0.29, 0.717) is 17.1 Å². The third-order valence-electron chi connectivity index (χ3n) is 5.37. The number of aliphatic hydroxyl groups is 1. The lowest BCUT2D eigenvalue weighted by atomic mass is 10.1. The van der Waals surface area contributed by atoms with Gasteiger partial charge in [-0.25, -0.2) is 18.4 Å². The van der Waals surface area contributed by atoms with Crippen LogP contribution in [0, 0.1) is 0 Å². The number of ether oxygens (including phenoxy) is 1. The van der Waals surface area contributed by atoms with E-state index in [0.717, 1.165) is 37.9 Å². The molecule has 0 amide bonds. The fraction of sp³-hybridized carbons (Fsp3) is 0.318. The van der Waals surface area contributed by atoms with Crippen molar-refractivity contribution in [2.45, 2.75) is 23.8 Å². The number of aromatic nitrogens is 3. The van der Waals surface area contributed by atoms with Gasteiger partial charge in [-0.3, -0.25) is 0 Å². The number of aliphatic hydroxyl groups excluding tert-OH is 1. The number of hydrogen-bond acceptors (Lipinski definition) is 10. The second-order valence-corrected chi connectivity index (χ2v) is 9.74. The summed E-state index contributed by atoms with van der Waals surface area (Å²) in [6, 6.07) is 12.3. The molecule has 0 atom stereocenters. The minimum absolute atomic E-state index is 0.155. The summed E-state index contributed by atoms with van der Waals surface area (Å²) in [5.74, 6) is 1.10. The fourth-order valence-corrected chi connectivity index (χ4v) is 4.50. The van der Waals surface area contributed by atoms with Gasteiger partial charge in [0.05, 0.1) is 29.5 Å². The van der Waals surface area contributed by atoms with Crippen LogP contribution in [0.4, 0.5) is 29.0 Å². The predicted molar refractivity (Wildman–Crippen MR) is 126 cm³/mol. The topological polar surface area (TPSA) is 130 Å². The Morgan fingerprint density at radius 3 is 2.36 bits per heavy atom. The van der Waals surface area contributed by atoms with E-state index in [9.17, 15) is 13.5 Å². The van der Waals surface area contributed by atoms with Crippen LogP contribution in [-0.4, -0.2) is 61.0 Å². The standard InChI is InChI=1S/C22H26N6O4S/c1-32-19-13-15(28-11-9-16(29)10-12-28)7-8-17(19)25-21-23-14-24-22(27-21)26-18-5-3-4-6-20(18)33(2,30)31/h3-8,13-14,16,29H,9-12H2,1-2H3,(H2,23,24,25,26,27). The van der Waals surface area contributed by atoms with Crippen molar-refractivity contribution >= 4 is 38.8 Å². The monoisotopic (exact) mass is 470 g/mol. The summed E-state index contributed by atoms with van der Waals surface area (Å²) in [4.78, 5) is 15.0. The van der Waals surface area contributed by atoms with E-state index in [2.05, 4.69) is 30.5 Å². The smallest absolute Gasteiger partial charge is 0.232 e. The largest absolute Gasteiger partial charge is 0.494 e. The van der Waals surface area contributed by atoms with Crippen molar-refractivity contribution in [2.24, 2.45) is 0 Å². The molecule has 3 aromatic rings. The molecular weight excluding hydrogens is 444 g/mol. The van der Waals surface area contributed by atoms with Gasteiger partial charge in [-0.05, 0) is 37.1 Å². The molecule has 0 aliphatic carbocycles. The van der Waals surface area contributed by atoms with Crippen LogP contribution in [-0.2, 0) is 9.84 Å². The van der Waals surface area contributed by atoms with Crippen LogP contribution in [0.5, 0.6) is 5.75 Å². The van der Waals surface area contributed by atoms with Gasteiger partial charge >= 0.3 is 0 Å². The molecule has 0 bridgehead atoms. The third-order valence-corrected chi connectivity index (χ3v) is 6.52. The van der Waals surface area contributed by atoms with E-state index < -0.39 is 9.84 Å². The highest BCUT2D eigenvalue weighted by Crippen LogP contribution is 2.32. The maximum absolute atomic E-state index is 12.0. The van der Waals surface area contributed by atoms with E-state index in [4.69, 9.17) is 4.74 Å². The first-order chi connectivity index (χ1) is 15.8. The Balaban J connectivity index is 1.53. The summed E-state index contributed by atoms with van der Waals surface area (Å²) in [7, 11) is -1.83. The number of benzene rings is 2. The van der Waals surface area contributed by atoms with Crippen LogP contribution in [0.15, 0.2) is 53.7 Å². The molecule has 1 fully saturated rings. The minimum atomic E-state index is -3.42. The molecule has 0 radical (unpaired) electrons. The number of nitrogens with zero attached hydrogens (tertiary/aromatic N) is 4. The Hall–Kier alpha value is -3.44. The Morgan fingerprint density at radius 2 is 1.70 bits per heavy atom. The number of anilines is 5. The second kappa shape index (κ2) is 9.59. The van der Waals surface area contributed by atoms with Crippen LogP contribution >= 0.6 is 0 Å². The van der Waals surface area contributed by atoms with Gasteiger partial charge in [0.2, 0.25) is 11.9 Å². The van der Waals surface area contributed by atoms with Gasteiger partial charge < -0.3 is 25.4 Å². The summed E-state index contributed by atoms with van der Waals surface area (Å²) in [5.41, 5.74) is 2.07. The zero-order chi connectivity index (χ0) is 23.4. The van der Waals surface area contributed by atoms with Crippen molar-refractivity contribution in [1.82, 2.24) is 15.0 Å². The Morgan fingerprint density at radius 1 is 1.03 bits per heavy atom. The Kier molecular flexibility index (Phi) is 6.61. The molecule has 1 aliphatic heterocycles. The number of methoxy groups -OCH3 is 1. The predicted octanol–water partition coefficient (Wildman–Crippen LogP) is 2.73. The molecule has 11 heteroatoms. The molecule has 2 heterocycles. The maximum atomic E-state index is 12.0. The Bertz CT molecular complexity index is 1230. The van der Waals surface area contributed by atoms with Gasteiger partial charge in [-0.1, -0.05) is 12.1 Å². The van der Waals surface area contributed by atoms with E-state index >= 15 is 0 Å². The van der Waals surface area contributed by atoms with Crippen molar-refractivity contribution in [2.75, 3.05) is 42.0 Å². The second-order valence-electron chi connectivity index (χ2n) is 7.75. The first-order valence-corrected chi connectivity index (χ1v) is 12.4. The van der Waals surface area contributed by atoms with E-state index in [1.54, 1.807) is 25.3 Å². The zero-order valence-electron chi connectivity index (χ0n) is 18.4. The summed E-state index contributed by atoms with van der Waals surface area (Å²) in [5, 5.41) is 15.8. The highest BCUT2D eigenvalue weighted by Gasteiger charge is 2.19. The summed E-state index contributed by atoms with van der Waals surface area (Å²) < 4.78 is 29.6. The number of rotatable bonds is 7. The summed E-state index contributed by atoms with van der Waals surface area (Å²) >= 11 is 0. The molecule has 1 saturated heterocycles. The van der Waals surface area contributed by atoms with E-state index in [1.165, 1.54) is 12.4 Å². The van der Waals surface area contributed by atoms with Crippen LogP contribution in [0.1, 0.15) is 12.8 Å². The normalized spacial score (nSPS) is 14.7. The molecule has 4 rings (SSSR count). The third kappa shape index (κ3) is 5.49. The number of hydrogen-bond donors (Lipinski definition) is 3. The first kappa shape index (κ1) is 22.7. The zero-order valence-corrected chi connectivity index (χ0v) is 19.2. The van der Waals surface area contributed by atoms with Gasteiger partial charge in [0.25, 0.3) is 0 Å². The molecular formula is C22H26N6O4S. The molecule has 0 saturated carbocycles. The van der Waals surface area contributed by atoms with Crippen LogP contribution in [0.25, 0.3) is 0 Å². The van der Waals surface area contributed by atoms with Crippen molar-refractivity contribution in [3.63, 3.8) is 0 Å². The van der Waals surface area contributed by atoms with Crippen LogP contribution < -0.4 is 20.3 Å². The van der Waals surface area contributed by atoms with Gasteiger partial charge in [-0.15, -0.1) is 0 Å². The van der Waals surface area contributed by atoms with Gasteiger partial charge in [-0.2, -0.15) is 4.98 Å². The molecule has 10 nitrogen and oxygen atoms in total. The molecule has 174 valence electrons. The molecule has 1 aliphatic rings. The molecule has 0 unspecified atom stereocenters. The van der Waals surface area contributed by atoms with Crippen LogP contribution in [0.3, 0.4) is 0 Å². The number of piperidine rings is 1. The molecule has 2 aromatic carbocycles. The lowest BCUT2D eigenvalue weighted by molar-refractivity contribution is 0.145. The molecule has 1 aromatic heterocycles. The average molecular weight is 471 g/mol. The molecule has 0 spiro atoms. The SMILES string of the molecule is COc1cc(N2CCC(O)CC2)ccc1Nc1ncnc(Nc2ccccc2S(C)(=O)=O)n1. The highest BCUT2D eigenvalue weighted by molar-refractivity contribution is 7.90. The van der Waals surface area contributed by atoms with Crippen molar-refractivity contribution < 1.29 is 18.3 Å². The summed E-state index contributed by atoms with van der Waals surface area (Å²) in [6.07, 6.45) is 3.73. The lowest BCUT2D eigenvalue weighted by Gasteiger charge is -2.31. The van der Waals surface area contributed by atoms with Crippen molar-refractivity contribution in [3.8, 4) is 5.75 Å². The van der Waals surface area contributed by atoms with Crippen LogP contribution in [0.2, 0.25) is 0 Å². The number of para-hydroxylation sites is 1. The van der Waals surface area contributed by atoms with Gasteiger partial charge in [0, 0.05) is 31.1 Å². The summed E-state index contributed by atoms with van der Waals surface area (Å²) in [6.45, 7) is 1.57. The molecule has 3 N–H and O–H groups in total. The quantitative estimate of drug-likeness (QED) is 0.474.